The number of fused-ring (bicyclic) bond motifs is 3. The number of alkyl carbamates (subject to hydrolysis) is 1. The van der Waals surface area contributed by atoms with Crippen LogP contribution in [0.15, 0.2) is 48.5 Å². The molecule has 168 valence electrons. The molecule has 2 aromatic carbocycles. The van der Waals surface area contributed by atoms with E-state index in [1.165, 1.54) is 4.90 Å². The summed E-state index contributed by atoms with van der Waals surface area (Å²) in [5.41, 5.74) is 4.59. The predicted octanol–water partition coefficient (Wildman–Crippen LogP) is 3.77. The lowest BCUT2D eigenvalue weighted by atomic mass is 9.98. The summed E-state index contributed by atoms with van der Waals surface area (Å²) in [5, 5.41) is 12.1. The second-order valence-electron chi connectivity index (χ2n) is 8.36. The minimum Gasteiger partial charge on any atom is -0.480 e. The van der Waals surface area contributed by atoms with E-state index in [1.807, 2.05) is 31.2 Å². The number of nitrogens with zero attached hydrogens (tertiary/aromatic N) is 1. The van der Waals surface area contributed by atoms with Crippen LogP contribution in [-0.2, 0) is 14.3 Å². The molecule has 2 amide bonds. The minimum atomic E-state index is -0.978. The van der Waals surface area contributed by atoms with Crippen molar-refractivity contribution >= 4 is 18.0 Å². The average molecular weight is 437 g/mol. The van der Waals surface area contributed by atoms with Crippen LogP contribution in [0.5, 0.6) is 0 Å². The summed E-state index contributed by atoms with van der Waals surface area (Å²) in [6.45, 7) is 2.52. The number of benzene rings is 2. The van der Waals surface area contributed by atoms with Crippen LogP contribution in [0.2, 0.25) is 0 Å². The number of rotatable bonds is 7. The molecule has 1 fully saturated rings. The first-order valence-corrected chi connectivity index (χ1v) is 11.1. The van der Waals surface area contributed by atoms with E-state index in [1.54, 1.807) is 0 Å². The largest absolute Gasteiger partial charge is 0.480 e. The van der Waals surface area contributed by atoms with E-state index in [0.29, 0.717) is 25.8 Å². The van der Waals surface area contributed by atoms with Gasteiger partial charge >= 0.3 is 12.1 Å². The van der Waals surface area contributed by atoms with E-state index in [9.17, 15) is 19.5 Å². The Morgan fingerprint density at radius 2 is 1.72 bits per heavy atom. The van der Waals surface area contributed by atoms with E-state index in [2.05, 4.69) is 29.6 Å². The molecule has 2 N–H and O–H groups in total. The van der Waals surface area contributed by atoms with Crippen molar-refractivity contribution in [2.75, 3.05) is 13.2 Å². The second kappa shape index (κ2) is 9.42. The third-order valence-corrected chi connectivity index (χ3v) is 6.44. The van der Waals surface area contributed by atoms with Crippen molar-refractivity contribution in [1.82, 2.24) is 10.2 Å². The van der Waals surface area contributed by atoms with Crippen LogP contribution in [-0.4, -0.2) is 53.2 Å². The zero-order chi connectivity index (χ0) is 22.7. The third kappa shape index (κ3) is 4.33. The number of carboxylic acids is 1. The molecule has 0 spiro atoms. The third-order valence-electron chi connectivity index (χ3n) is 6.44. The van der Waals surface area contributed by atoms with Crippen LogP contribution in [0, 0.1) is 0 Å². The lowest BCUT2D eigenvalue weighted by Gasteiger charge is -2.24. The fourth-order valence-corrected chi connectivity index (χ4v) is 4.75. The summed E-state index contributed by atoms with van der Waals surface area (Å²) in [5.74, 6) is -1.26. The average Bonchev–Trinajstić information content (AvgIpc) is 3.41. The number of likely N-dealkylation sites (tertiary alicyclic amines) is 1. The Hall–Kier alpha value is -3.35. The molecule has 1 heterocycles. The molecule has 4 rings (SSSR count). The van der Waals surface area contributed by atoms with Gasteiger partial charge in [-0.3, -0.25) is 4.79 Å². The molecule has 1 aliphatic heterocycles. The summed E-state index contributed by atoms with van der Waals surface area (Å²) in [6, 6.07) is 15.1. The zero-order valence-electron chi connectivity index (χ0n) is 18.1. The molecular weight excluding hydrogens is 408 g/mol. The Bertz CT molecular complexity index is 975. The first-order valence-electron chi connectivity index (χ1n) is 11.1. The summed E-state index contributed by atoms with van der Waals surface area (Å²) in [6.07, 6.45) is 1.19. The van der Waals surface area contributed by atoms with E-state index >= 15 is 0 Å². The highest BCUT2D eigenvalue weighted by atomic mass is 16.5. The van der Waals surface area contributed by atoms with Gasteiger partial charge in [0.25, 0.3) is 0 Å². The lowest BCUT2D eigenvalue weighted by molar-refractivity contribution is -0.148. The number of hydrogen-bond donors (Lipinski definition) is 2. The fraction of sp³-hybridized carbons (Fsp3) is 0.400. The van der Waals surface area contributed by atoms with Gasteiger partial charge in [0.1, 0.15) is 12.6 Å². The lowest BCUT2D eigenvalue weighted by Crippen LogP contribution is -2.44. The van der Waals surface area contributed by atoms with Crippen LogP contribution >= 0.6 is 0 Å². The van der Waals surface area contributed by atoms with Crippen molar-refractivity contribution in [1.29, 1.82) is 0 Å². The van der Waals surface area contributed by atoms with E-state index in [4.69, 9.17) is 4.74 Å². The molecule has 2 aromatic rings. The Labute approximate surface area is 187 Å². The van der Waals surface area contributed by atoms with Crippen molar-refractivity contribution < 1.29 is 24.2 Å². The molecule has 0 aromatic heterocycles. The highest BCUT2D eigenvalue weighted by Gasteiger charge is 2.35. The van der Waals surface area contributed by atoms with Gasteiger partial charge in [0.05, 0.1) is 0 Å². The van der Waals surface area contributed by atoms with Gasteiger partial charge in [0.2, 0.25) is 5.91 Å². The van der Waals surface area contributed by atoms with Crippen molar-refractivity contribution in [2.45, 2.75) is 50.6 Å². The molecular formula is C25H28N2O5. The summed E-state index contributed by atoms with van der Waals surface area (Å²) < 4.78 is 5.57. The SMILES string of the molecule is CCC(CC(=O)N1CCC[C@H]1C(=O)O)NC(=O)OCC1c2ccccc2-c2ccccc21. The second-order valence-corrected chi connectivity index (χ2v) is 8.36. The molecule has 7 nitrogen and oxygen atoms in total. The smallest absolute Gasteiger partial charge is 0.407 e. The molecule has 2 aliphatic rings. The van der Waals surface area contributed by atoms with Gasteiger partial charge in [-0.15, -0.1) is 0 Å². The standard InChI is InChI=1S/C25H28N2O5/c1-2-16(14-23(28)27-13-7-12-22(27)24(29)30)26-25(31)32-15-21-19-10-5-3-8-17(19)18-9-4-6-11-20(18)21/h3-6,8-11,16,21-22H,2,7,12-15H2,1H3,(H,26,31)(H,29,30)/t16?,22-/m0/s1. The van der Waals surface area contributed by atoms with Crippen LogP contribution in [0.25, 0.3) is 11.1 Å². The molecule has 1 saturated heterocycles. The Morgan fingerprint density at radius 3 is 2.31 bits per heavy atom. The van der Waals surface area contributed by atoms with E-state index < -0.39 is 24.1 Å². The zero-order valence-corrected chi connectivity index (χ0v) is 18.1. The molecule has 32 heavy (non-hydrogen) atoms. The number of carbonyl (C=O) groups is 3. The van der Waals surface area contributed by atoms with Gasteiger partial charge in [0, 0.05) is 24.9 Å². The maximum atomic E-state index is 12.6. The fourth-order valence-electron chi connectivity index (χ4n) is 4.75. The molecule has 0 radical (unpaired) electrons. The van der Waals surface area contributed by atoms with Crippen LogP contribution in [0.1, 0.15) is 49.7 Å². The quantitative estimate of drug-likeness (QED) is 0.689. The molecule has 0 saturated carbocycles. The first-order chi connectivity index (χ1) is 15.5. The van der Waals surface area contributed by atoms with E-state index in [-0.39, 0.29) is 24.9 Å². The van der Waals surface area contributed by atoms with Gasteiger partial charge in [-0.1, -0.05) is 55.5 Å². The maximum Gasteiger partial charge on any atom is 0.407 e. The van der Waals surface area contributed by atoms with Crippen LogP contribution < -0.4 is 5.32 Å². The van der Waals surface area contributed by atoms with Gasteiger partial charge in [-0.25, -0.2) is 9.59 Å². The number of aliphatic carboxylic acids is 1. The normalized spacial score (nSPS) is 18.0. The Balaban J connectivity index is 1.35. The topological polar surface area (TPSA) is 95.9 Å². The van der Waals surface area contributed by atoms with Gasteiger partial charge < -0.3 is 20.1 Å². The number of hydrogen-bond acceptors (Lipinski definition) is 4. The molecule has 1 aliphatic carbocycles. The van der Waals surface area contributed by atoms with Crippen molar-refractivity contribution in [3.05, 3.63) is 59.7 Å². The predicted molar refractivity (Wildman–Crippen MR) is 119 cm³/mol. The van der Waals surface area contributed by atoms with Gasteiger partial charge in [0.15, 0.2) is 0 Å². The summed E-state index contributed by atoms with van der Waals surface area (Å²) in [4.78, 5) is 37.9. The number of nitrogens with one attached hydrogen (secondary N) is 1. The maximum absolute atomic E-state index is 12.6. The molecule has 0 bridgehead atoms. The van der Waals surface area contributed by atoms with Crippen LogP contribution in [0.3, 0.4) is 0 Å². The molecule has 1 unspecified atom stereocenters. The van der Waals surface area contributed by atoms with Gasteiger partial charge in [-0.2, -0.15) is 0 Å². The highest BCUT2D eigenvalue weighted by Crippen LogP contribution is 2.44. The molecule has 7 heteroatoms. The number of ether oxygens (including phenoxy) is 1. The Kier molecular flexibility index (Phi) is 6.44. The number of carboxylic acid groups (broad SMARTS) is 1. The highest BCUT2D eigenvalue weighted by molar-refractivity contribution is 5.85. The number of carbonyl (C=O) groups excluding carboxylic acids is 2. The molecule has 2 atom stereocenters. The first kappa shape index (κ1) is 21.9. The monoisotopic (exact) mass is 436 g/mol. The summed E-state index contributed by atoms with van der Waals surface area (Å²) in [7, 11) is 0. The van der Waals surface area contributed by atoms with E-state index in [0.717, 1.165) is 22.3 Å². The van der Waals surface area contributed by atoms with Crippen molar-refractivity contribution in [3.63, 3.8) is 0 Å². The number of amides is 2. The Morgan fingerprint density at radius 1 is 1.09 bits per heavy atom. The van der Waals surface area contributed by atoms with Crippen molar-refractivity contribution in [2.24, 2.45) is 0 Å². The minimum absolute atomic E-state index is 0.0317. The van der Waals surface area contributed by atoms with Crippen molar-refractivity contribution in [3.8, 4) is 11.1 Å². The van der Waals surface area contributed by atoms with Gasteiger partial charge in [-0.05, 0) is 41.5 Å². The summed E-state index contributed by atoms with van der Waals surface area (Å²) >= 11 is 0. The van der Waals surface area contributed by atoms with Crippen LogP contribution in [0.4, 0.5) is 4.79 Å².